The van der Waals surface area contributed by atoms with Crippen molar-refractivity contribution in [1.82, 2.24) is 9.97 Å². The standard InChI is InChI=1S/C20H34N4O/c1-15(18-8-4-3-5-9-18)16(2)23-19-11-20(22-14-21-19)24-10-6-7-17(12-24)13-25/h11,14-18,25H,3-10,12-13H2,1-2H3,(H,21,22,23). The average molecular weight is 347 g/mol. The van der Waals surface area contributed by atoms with E-state index in [-0.39, 0.29) is 6.61 Å². The number of hydrogen-bond acceptors (Lipinski definition) is 5. The van der Waals surface area contributed by atoms with E-state index in [2.05, 4.69) is 40.1 Å². The van der Waals surface area contributed by atoms with Crippen LogP contribution >= 0.6 is 0 Å². The van der Waals surface area contributed by atoms with Crippen LogP contribution in [0.3, 0.4) is 0 Å². The molecule has 2 fully saturated rings. The van der Waals surface area contributed by atoms with E-state index in [0.717, 1.165) is 43.5 Å². The van der Waals surface area contributed by atoms with Crippen LogP contribution in [0, 0.1) is 17.8 Å². The third-order valence-electron chi connectivity index (χ3n) is 6.31. The summed E-state index contributed by atoms with van der Waals surface area (Å²) >= 11 is 0. The fourth-order valence-electron chi connectivity index (χ4n) is 4.45. The molecule has 2 aliphatic rings. The molecule has 3 unspecified atom stereocenters. The topological polar surface area (TPSA) is 61.3 Å². The van der Waals surface area contributed by atoms with Gasteiger partial charge in [0.05, 0.1) is 0 Å². The second-order valence-electron chi connectivity index (χ2n) is 8.09. The minimum atomic E-state index is 0.266. The van der Waals surface area contributed by atoms with E-state index in [1.807, 2.05) is 0 Å². The van der Waals surface area contributed by atoms with E-state index in [1.54, 1.807) is 6.33 Å². The number of aromatic nitrogens is 2. The van der Waals surface area contributed by atoms with Crippen molar-refractivity contribution in [2.45, 2.75) is 64.8 Å². The van der Waals surface area contributed by atoms with E-state index >= 15 is 0 Å². The molecular weight excluding hydrogens is 312 g/mol. The first-order valence-corrected chi connectivity index (χ1v) is 10.1. The van der Waals surface area contributed by atoms with Gasteiger partial charge < -0.3 is 15.3 Å². The van der Waals surface area contributed by atoms with Gasteiger partial charge >= 0.3 is 0 Å². The quantitative estimate of drug-likeness (QED) is 0.822. The minimum absolute atomic E-state index is 0.266. The lowest BCUT2D eigenvalue weighted by molar-refractivity contribution is 0.208. The van der Waals surface area contributed by atoms with Crippen LogP contribution in [0.4, 0.5) is 11.6 Å². The van der Waals surface area contributed by atoms with E-state index in [9.17, 15) is 5.11 Å². The third-order valence-corrected chi connectivity index (χ3v) is 6.31. The van der Waals surface area contributed by atoms with E-state index in [4.69, 9.17) is 0 Å². The van der Waals surface area contributed by atoms with Crippen molar-refractivity contribution in [2.24, 2.45) is 17.8 Å². The van der Waals surface area contributed by atoms with Crippen LogP contribution in [0.2, 0.25) is 0 Å². The van der Waals surface area contributed by atoms with Crippen LogP contribution in [0.1, 0.15) is 58.8 Å². The zero-order valence-electron chi connectivity index (χ0n) is 15.8. The van der Waals surface area contributed by atoms with Gasteiger partial charge in [-0.25, -0.2) is 9.97 Å². The summed E-state index contributed by atoms with van der Waals surface area (Å²) in [5.41, 5.74) is 0. The number of aliphatic hydroxyl groups is 1. The van der Waals surface area contributed by atoms with Gasteiger partial charge in [0.25, 0.3) is 0 Å². The first kappa shape index (κ1) is 18.4. The van der Waals surface area contributed by atoms with E-state index in [0.29, 0.717) is 17.9 Å². The maximum atomic E-state index is 9.44. The number of rotatable bonds is 6. The van der Waals surface area contributed by atoms with Gasteiger partial charge in [0.1, 0.15) is 18.0 Å². The first-order valence-electron chi connectivity index (χ1n) is 10.1. The molecule has 1 aliphatic carbocycles. The Bertz CT molecular complexity index is 532. The summed E-state index contributed by atoms with van der Waals surface area (Å²) < 4.78 is 0. The SMILES string of the molecule is CC(Nc1cc(N2CCCC(CO)C2)ncn1)C(C)C1CCCCC1. The summed E-state index contributed by atoms with van der Waals surface area (Å²) in [5, 5.41) is 13.1. The molecule has 0 aromatic carbocycles. The molecule has 1 saturated heterocycles. The third kappa shape index (κ3) is 4.84. The Morgan fingerprint density at radius 3 is 2.72 bits per heavy atom. The van der Waals surface area contributed by atoms with Gasteiger partial charge in [0, 0.05) is 31.8 Å². The smallest absolute Gasteiger partial charge is 0.134 e. The molecule has 0 bridgehead atoms. The minimum Gasteiger partial charge on any atom is -0.396 e. The number of piperidine rings is 1. The Balaban J connectivity index is 1.60. The number of nitrogens with zero attached hydrogens (tertiary/aromatic N) is 3. The van der Waals surface area contributed by atoms with Crippen molar-refractivity contribution in [3.63, 3.8) is 0 Å². The van der Waals surface area contributed by atoms with Crippen LogP contribution in [0.25, 0.3) is 0 Å². The van der Waals surface area contributed by atoms with Crippen molar-refractivity contribution in [3.8, 4) is 0 Å². The van der Waals surface area contributed by atoms with Gasteiger partial charge in [-0.05, 0) is 37.5 Å². The van der Waals surface area contributed by atoms with Crippen LogP contribution < -0.4 is 10.2 Å². The highest BCUT2D eigenvalue weighted by Crippen LogP contribution is 2.32. The Morgan fingerprint density at radius 1 is 1.16 bits per heavy atom. The Kier molecular flexibility index (Phi) is 6.51. The number of nitrogens with one attached hydrogen (secondary N) is 1. The lowest BCUT2D eigenvalue weighted by atomic mass is 9.78. The Hall–Kier alpha value is -1.36. The molecule has 25 heavy (non-hydrogen) atoms. The van der Waals surface area contributed by atoms with Gasteiger partial charge in [0.15, 0.2) is 0 Å². The molecule has 3 atom stereocenters. The summed E-state index contributed by atoms with van der Waals surface area (Å²) in [7, 11) is 0. The van der Waals surface area contributed by atoms with E-state index < -0.39 is 0 Å². The number of aliphatic hydroxyl groups excluding tert-OH is 1. The molecule has 1 aliphatic heterocycles. The molecule has 1 saturated carbocycles. The fraction of sp³-hybridized carbons (Fsp3) is 0.800. The monoisotopic (exact) mass is 346 g/mol. The second kappa shape index (κ2) is 8.84. The second-order valence-corrected chi connectivity index (χ2v) is 8.09. The molecule has 2 heterocycles. The zero-order chi connectivity index (χ0) is 17.6. The van der Waals surface area contributed by atoms with Gasteiger partial charge in [-0.2, -0.15) is 0 Å². The summed E-state index contributed by atoms with van der Waals surface area (Å²) in [4.78, 5) is 11.2. The van der Waals surface area contributed by atoms with Gasteiger partial charge in [0.2, 0.25) is 0 Å². The van der Waals surface area contributed by atoms with Crippen LogP contribution in [-0.2, 0) is 0 Å². The van der Waals surface area contributed by atoms with Crippen LogP contribution in [0.5, 0.6) is 0 Å². The highest BCUT2D eigenvalue weighted by molar-refractivity contribution is 5.49. The van der Waals surface area contributed by atoms with Gasteiger partial charge in [-0.15, -0.1) is 0 Å². The maximum absolute atomic E-state index is 9.44. The largest absolute Gasteiger partial charge is 0.396 e. The van der Waals surface area contributed by atoms with Gasteiger partial charge in [-0.3, -0.25) is 0 Å². The molecule has 3 rings (SSSR count). The normalized spacial score (nSPS) is 24.8. The average Bonchev–Trinajstić information content (AvgIpc) is 2.68. The van der Waals surface area contributed by atoms with Crippen LogP contribution in [-0.4, -0.2) is 40.8 Å². The molecule has 0 radical (unpaired) electrons. The number of hydrogen-bond donors (Lipinski definition) is 2. The predicted molar refractivity (Wildman–Crippen MR) is 103 cm³/mol. The molecule has 5 nitrogen and oxygen atoms in total. The predicted octanol–water partition coefficient (Wildman–Crippen LogP) is 3.70. The Labute approximate surface area is 152 Å². The molecule has 0 spiro atoms. The molecule has 140 valence electrons. The lowest BCUT2D eigenvalue weighted by Crippen LogP contribution is -2.37. The van der Waals surface area contributed by atoms with E-state index in [1.165, 1.54) is 32.1 Å². The molecule has 1 aromatic heterocycles. The summed E-state index contributed by atoms with van der Waals surface area (Å²) in [6, 6.07) is 2.49. The summed E-state index contributed by atoms with van der Waals surface area (Å²) in [6.07, 6.45) is 10.8. The lowest BCUT2D eigenvalue weighted by Gasteiger charge is -2.34. The summed E-state index contributed by atoms with van der Waals surface area (Å²) in [6.45, 7) is 6.83. The van der Waals surface area contributed by atoms with Crippen molar-refractivity contribution < 1.29 is 5.11 Å². The van der Waals surface area contributed by atoms with Crippen LogP contribution in [0.15, 0.2) is 12.4 Å². The molecular formula is C20H34N4O. The van der Waals surface area contributed by atoms with Crippen molar-refractivity contribution in [3.05, 3.63) is 12.4 Å². The number of anilines is 2. The molecule has 1 aromatic rings. The maximum Gasteiger partial charge on any atom is 0.134 e. The summed E-state index contributed by atoms with van der Waals surface area (Å²) in [5.74, 6) is 3.77. The van der Waals surface area contributed by atoms with Crippen molar-refractivity contribution in [1.29, 1.82) is 0 Å². The zero-order valence-corrected chi connectivity index (χ0v) is 15.8. The Morgan fingerprint density at radius 2 is 1.96 bits per heavy atom. The van der Waals surface area contributed by atoms with Crippen molar-refractivity contribution in [2.75, 3.05) is 29.9 Å². The first-order chi connectivity index (χ1) is 12.2. The highest BCUT2D eigenvalue weighted by Gasteiger charge is 2.25. The molecule has 2 N–H and O–H groups in total. The molecule has 0 amide bonds. The van der Waals surface area contributed by atoms with Gasteiger partial charge in [-0.1, -0.05) is 39.0 Å². The fourth-order valence-corrected chi connectivity index (χ4v) is 4.45. The highest BCUT2D eigenvalue weighted by atomic mass is 16.3. The van der Waals surface area contributed by atoms with Crippen molar-refractivity contribution >= 4 is 11.6 Å². The molecule has 5 heteroatoms.